The van der Waals surface area contributed by atoms with E-state index in [-0.39, 0.29) is 11.9 Å². The topological polar surface area (TPSA) is 41.6 Å². The molecule has 0 aliphatic rings. The third-order valence-corrected chi connectivity index (χ3v) is 3.68. The minimum atomic E-state index is -0.107. The Morgan fingerprint density at radius 2 is 1.80 bits per heavy atom. The number of hydrogen-bond donors (Lipinski definition) is 1. The van der Waals surface area contributed by atoms with Crippen molar-refractivity contribution in [2.24, 2.45) is 0 Å². The molecule has 0 radical (unpaired) electrons. The molecule has 0 bridgehead atoms. The molecule has 1 amide bonds. The van der Waals surface area contributed by atoms with Gasteiger partial charge in [0.05, 0.1) is 12.6 Å². The van der Waals surface area contributed by atoms with Crippen LogP contribution in [0.5, 0.6) is 5.75 Å². The lowest BCUT2D eigenvalue weighted by molar-refractivity contribution is -0.117. The number of carbonyl (C=O) groups is 1. The summed E-state index contributed by atoms with van der Waals surface area (Å²) < 4.78 is 5.42. The smallest absolute Gasteiger partial charge is 0.244 e. The Labute approximate surface area is 150 Å². The van der Waals surface area contributed by atoms with E-state index in [4.69, 9.17) is 4.74 Å². The molecule has 0 aliphatic heterocycles. The van der Waals surface area contributed by atoms with Gasteiger partial charge in [-0.3, -0.25) is 4.79 Å². The molecule has 4 nitrogen and oxygen atoms in total. The summed E-state index contributed by atoms with van der Waals surface area (Å²) in [4.78, 5) is 14.4. The van der Waals surface area contributed by atoms with Crippen LogP contribution in [0.2, 0.25) is 0 Å². The van der Waals surface area contributed by atoms with Crippen molar-refractivity contribution in [1.29, 1.82) is 0 Å². The van der Waals surface area contributed by atoms with Crippen molar-refractivity contribution < 1.29 is 9.53 Å². The van der Waals surface area contributed by atoms with Crippen molar-refractivity contribution in [2.45, 2.75) is 13.0 Å². The molecule has 2 aromatic rings. The van der Waals surface area contributed by atoms with Gasteiger partial charge in [0.15, 0.2) is 0 Å². The Kier molecular flexibility index (Phi) is 7.23. The van der Waals surface area contributed by atoms with Gasteiger partial charge in [0.2, 0.25) is 5.91 Å². The second-order valence-corrected chi connectivity index (χ2v) is 6.07. The normalized spacial score (nSPS) is 12.3. The number of nitrogens with one attached hydrogen (secondary N) is 1. The highest BCUT2D eigenvalue weighted by Gasteiger charge is 2.13. The number of amides is 1. The van der Waals surface area contributed by atoms with Crippen molar-refractivity contribution in [2.75, 3.05) is 27.2 Å². The van der Waals surface area contributed by atoms with Crippen LogP contribution in [0.3, 0.4) is 0 Å². The Morgan fingerprint density at radius 3 is 2.40 bits per heavy atom. The maximum Gasteiger partial charge on any atom is 0.244 e. The standard InChI is InChI=1S/C21H26N2O2/c1-4-25-19-13-10-17(11-14-19)12-15-21(24)22-20(16-23(2)3)18-8-6-5-7-9-18/h5-15,20H,4,16H2,1-3H3,(H,22,24)/b15-12+/t20-/m0/s1. The summed E-state index contributed by atoms with van der Waals surface area (Å²) in [5, 5.41) is 3.07. The van der Waals surface area contributed by atoms with Gasteiger partial charge in [-0.05, 0) is 50.4 Å². The van der Waals surface area contributed by atoms with Crippen molar-refractivity contribution in [3.8, 4) is 5.75 Å². The van der Waals surface area contributed by atoms with Crippen LogP contribution in [-0.4, -0.2) is 38.1 Å². The van der Waals surface area contributed by atoms with Gasteiger partial charge in [-0.2, -0.15) is 0 Å². The average Bonchev–Trinajstić information content (AvgIpc) is 2.61. The first-order valence-electron chi connectivity index (χ1n) is 8.49. The second-order valence-electron chi connectivity index (χ2n) is 6.07. The molecule has 2 aromatic carbocycles. The van der Waals surface area contributed by atoms with E-state index < -0.39 is 0 Å². The molecule has 0 saturated heterocycles. The van der Waals surface area contributed by atoms with Crippen LogP contribution in [0, 0.1) is 0 Å². The molecule has 2 rings (SSSR count). The van der Waals surface area contributed by atoms with Crippen LogP contribution in [0.4, 0.5) is 0 Å². The molecule has 25 heavy (non-hydrogen) atoms. The number of hydrogen-bond acceptors (Lipinski definition) is 3. The molecule has 0 unspecified atom stereocenters. The molecule has 0 saturated carbocycles. The summed E-state index contributed by atoms with van der Waals surface area (Å²) in [7, 11) is 4.00. The second kappa shape index (κ2) is 9.64. The van der Waals surface area contributed by atoms with E-state index in [0.29, 0.717) is 6.61 Å². The van der Waals surface area contributed by atoms with Gasteiger partial charge in [-0.25, -0.2) is 0 Å². The first-order chi connectivity index (χ1) is 12.1. The highest BCUT2D eigenvalue weighted by Crippen LogP contribution is 2.15. The third kappa shape index (κ3) is 6.43. The number of rotatable bonds is 8. The number of likely N-dealkylation sites (N-methyl/N-ethyl adjacent to an activating group) is 1. The lowest BCUT2D eigenvalue weighted by Gasteiger charge is -2.22. The number of carbonyl (C=O) groups excluding carboxylic acids is 1. The van der Waals surface area contributed by atoms with Crippen molar-refractivity contribution >= 4 is 12.0 Å². The highest BCUT2D eigenvalue weighted by molar-refractivity contribution is 5.92. The van der Waals surface area contributed by atoms with Crippen LogP contribution in [0.25, 0.3) is 6.08 Å². The van der Waals surface area contributed by atoms with Crippen molar-refractivity contribution in [3.05, 3.63) is 71.8 Å². The van der Waals surface area contributed by atoms with Crippen molar-refractivity contribution in [1.82, 2.24) is 10.2 Å². The van der Waals surface area contributed by atoms with Gasteiger partial charge >= 0.3 is 0 Å². The molecule has 0 heterocycles. The minimum Gasteiger partial charge on any atom is -0.494 e. The summed E-state index contributed by atoms with van der Waals surface area (Å²) in [6.07, 6.45) is 3.38. The molecule has 132 valence electrons. The molecule has 4 heteroatoms. The fourth-order valence-electron chi connectivity index (χ4n) is 2.52. The largest absolute Gasteiger partial charge is 0.494 e. The summed E-state index contributed by atoms with van der Waals surface area (Å²) in [6.45, 7) is 3.34. The zero-order valence-corrected chi connectivity index (χ0v) is 15.1. The average molecular weight is 338 g/mol. The molecular weight excluding hydrogens is 312 g/mol. The zero-order chi connectivity index (χ0) is 18.1. The maximum atomic E-state index is 12.3. The van der Waals surface area contributed by atoms with E-state index in [1.54, 1.807) is 6.08 Å². The van der Waals surface area contributed by atoms with E-state index >= 15 is 0 Å². The Morgan fingerprint density at radius 1 is 1.12 bits per heavy atom. The lowest BCUT2D eigenvalue weighted by Crippen LogP contribution is -2.34. The molecule has 1 N–H and O–H groups in total. The number of benzene rings is 2. The molecule has 0 aromatic heterocycles. The monoisotopic (exact) mass is 338 g/mol. The van der Waals surface area contributed by atoms with Gasteiger partial charge in [-0.15, -0.1) is 0 Å². The summed E-state index contributed by atoms with van der Waals surface area (Å²) in [5.74, 6) is 0.726. The van der Waals surface area contributed by atoms with E-state index in [2.05, 4.69) is 10.2 Å². The Bertz CT molecular complexity index is 679. The van der Waals surface area contributed by atoms with Gasteiger partial charge in [0.25, 0.3) is 0 Å². The van der Waals surface area contributed by atoms with Gasteiger partial charge in [-0.1, -0.05) is 42.5 Å². The van der Waals surface area contributed by atoms with Crippen LogP contribution < -0.4 is 10.1 Å². The van der Waals surface area contributed by atoms with Crippen LogP contribution in [0.1, 0.15) is 24.1 Å². The number of nitrogens with zero attached hydrogens (tertiary/aromatic N) is 1. The van der Waals surface area contributed by atoms with E-state index in [1.165, 1.54) is 0 Å². The summed E-state index contributed by atoms with van der Waals surface area (Å²) >= 11 is 0. The van der Waals surface area contributed by atoms with Gasteiger partial charge in [0.1, 0.15) is 5.75 Å². The van der Waals surface area contributed by atoms with Crippen LogP contribution in [-0.2, 0) is 4.79 Å². The first kappa shape index (κ1) is 18.7. The maximum absolute atomic E-state index is 12.3. The minimum absolute atomic E-state index is 0.0475. The van der Waals surface area contributed by atoms with Gasteiger partial charge in [0, 0.05) is 12.6 Å². The molecule has 0 aliphatic carbocycles. The Balaban J connectivity index is 2.00. The molecular formula is C21H26N2O2. The first-order valence-corrected chi connectivity index (χ1v) is 8.49. The predicted molar refractivity (Wildman–Crippen MR) is 103 cm³/mol. The summed E-state index contributed by atoms with van der Waals surface area (Å²) in [6, 6.07) is 17.6. The quantitative estimate of drug-likeness (QED) is 0.749. The van der Waals surface area contributed by atoms with Gasteiger partial charge < -0.3 is 15.0 Å². The zero-order valence-electron chi connectivity index (χ0n) is 15.1. The van der Waals surface area contributed by atoms with E-state index in [0.717, 1.165) is 23.4 Å². The lowest BCUT2D eigenvalue weighted by atomic mass is 10.1. The molecule has 0 spiro atoms. The number of ether oxygens (including phenoxy) is 1. The summed E-state index contributed by atoms with van der Waals surface area (Å²) in [5.41, 5.74) is 2.06. The molecule has 0 fully saturated rings. The fourth-order valence-corrected chi connectivity index (χ4v) is 2.52. The van der Waals surface area contributed by atoms with Crippen LogP contribution in [0.15, 0.2) is 60.7 Å². The van der Waals surface area contributed by atoms with E-state index in [9.17, 15) is 4.79 Å². The highest BCUT2D eigenvalue weighted by atomic mass is 16.5. The van der Waals surface area contributed by atoms with E-state index in [1.807, 2.05) is 81.7 Å². The predicted octanol–water partition coefficient (Wildman–Crippen LogP) is 3.52. The van der Waals surface area contributed by atoms with Crippen LogP contribution >= 0.6 is 0 Å². The SMILES string of the molecule is CCOc1ccc(/C=C/C(=O)N[C@@H](CN(C)C)c2ccccc2)cc1. The molecule has 1 atom stereocenters. The third-order valence-electron chi connectivity index (χ3n) is 3.68. The Hall–Kier alpha value is -2.59. The fraction of sp³-hybridized carbons (Fsp3) is 0.286. The van der Waals surface area contributed by atoms with Crippen molar-refractivity contribution in [3.63, 3.8) is 0 Å².